The summed E-state index contributed by atoms with van der Waals surface area (Å²) in [5.41, 5.74) is 6.41. The molecule has 1 aliphatic rings. The second-order valence-corrected chi connectivity index (χ2v) is 4.19. The fourth-order valence-electron chi connectivity index (χ4n) is 1.70. The van der Waals surface area contributed by atoms with Crippen molar-refractivity contribution in [2.45, 2.75) is 52.0 Å². The van der Waals surface area contributed by atoms with Crippen LogP contribution in [0.5, 0.6) is 0 Å². The first-order valence-electron chi connectivity index (χ1n) is 4.38. The Morgan fingerprint density at radius 2 is 1.82 bits per heavy atom. The van der Waals surface area contributed by atoms with Gasteiger partial charge in [0.1, 0.15) is 0 Å². The maximum atomic E-state index is 6.01. The standard InChI is InChI=1S/C9H19N.ClH/c1-9(2)7-5-3-4-6-8(9)10;/h8H,3-7,10H2,1-2H3;1H. The predicted molar refractivity (Wildman–Crippen MR) is 52.1 cm³/mol. The van der Waals surface area contributed by atoms with Gasteiger partial charge in [0.2, 0.25) is 0 Å². The first-order valence-corrected chi connectivity index (χ1v) is 4.38. The van der Waals surface area contributed by atoms with Crippen molar-refractivity contribution in [2.24, 2.45) is 11.1 Å². The molecule has 68 valence electrons. The van der Waals surface area contributed by atoms with E-state index in [9.17, 15) is 0 Å². The molecule has 0 bridgehead atoms. The average Bonchev–Trinajstić information content (AvgIpc) is 1.96. The van der Waals surface area contributed by atoms with Crippen LogP contribution in [0.15, 0.2) is 0 Å². The van der Waals surface area contributed by atoms with Gasteiger partial charge in [-0.25, -0.2) is 0 Å². The Labute approximate surface area is 76.1 Å². The third-order valence-electron chi connectivity index (χ3n) is 2.84. The number of halogens is 1. The van der Waals surface area contributed by atoms with E-state index in [4.69, 9.17) is 5.73 Å². The number of nitrogens with two attached hydrogens (primary N) is 1. The molecule has 0 heterocycles. The predicted octanol–water partition coefficient (Wildman–Crippen LogP) is 2.73. The molecular weight excluding hydrogens is 158 g/mol. The van der Waals surface area contributed by atoms with Crippen LogP contribution in [0.1, 0.15) is 46.0 Å². The Kier molecular flexibility index (Phi) is 4.42. The molecule has 0 amide bonds. The quantitative estimate of drug-likeness (QED) is 0.566. The fourth-order valence-corrected chi connectivity index (χ4v) is 1.70. The SMILES string of the molecule is CC1(C)CCCCCC1N.Cl. The summed E-state index contributed by atoms with van der Waals surface area (Å²) in [6.45, 7) is 4.59. The van der Waals surface area contributed by atoms with Gasteiger partial charge < -0.3 is 5.73 Å². The van der Waals surface area contributed by atoms with Gasteiger partial charge in [-0.1, -0.05) is 33.1 Å². The molecule has 2 N–H and O–H groups in total. The van der Waals surface area contributed by atoms with Gasteiger partial charge in [-0.05, 0) is 18.3 Å². The molecule has 11 heavy (non-hydrogen) atoms. The van der Waals surface area contributed by atoms with Crippen molar-refractivity contribution in [3.8, 4) is 0 Å². The average molecular weight is 178 g/mol. The van der Waals surface area contributed by atoms with E-state index >= 15 is 0 Å². The van der Waals surface area contributed by atoms with Crippen LogP contribution in [0, 0.1) is 5.41 Å². The highest BCUT2D eigenvalue weighted by atomic mass is 35.5. The van der Waals surface area contributed by atoms with E-state index in [2.05, 4.69) is 13.8 Å². The summed E-state index contributed by atoms with van der Waals surface area (Å²) >= 11 is 0. The van der Waals surface area contributed by atoms with Gasteiger partial charge in [-0.15, -0.1) is 12.4 Å². The number of hydrogen-bond donors (Lipinski definition) is 1. The Balaban J connectivity index is 0.000001000. The molecule has 0 aromatic heterocycles. The fraction of sp³-hybridized carbons (Fsp3) is 1.00. The monoisotopic (exact) mass is 177 g/mol. The summed E-state index contributed by atoms with van der Waals surface area (Å²) in [4.78, 5) is 0. The van der Waals surface area contributed by atoms with E-state index in [1.165, 1.54) is 32.1 Å². The van der Waals surface area contributed by atoms with Crippen molar-refractivity contribution in [2.75, 3.05) is 0 Å². The summed E-state index contributed by atoms with van der Waals surface area (Å²) in [7, 11) is 0. The minimum atomic E-state index is 0. The smallest absolute Gasteiger partial charge is 0.00902 e. The van der Waals surface area contributed by atoms with Crippen LogP contribution in [0.25, 0.3) is 0 Å². The molecule has 1 unspecified atom stereocenters. The normalized spacial score (nSPS) is 30.3. The first-order chi connectivity index (χ1) is 4.63. The third kappa shape index (κ3) is 3.00. The molecule has 1 rings (SSSR count). The maximum absolute atomic E-state index is 6.01. The van der Waals surface area contributed by atoms with Gasteiger partial charge in [0.25, 0.3) is 0 Å². The van der Waals surface area contributed by atoms with Crippen molar-refractivity contribution in [3.63, 3.8) is 0 Å². The molecule has 1 saturated carbocycles. The Morgan fingerprint density at radius 3 is 2.45 bits per heavy atom. The Bertz CT molecular complexity index is 112. The molecule has 0 aromatic carbocycles. The van der Waals surface area contributed by atoms with E-state index in [-0.39, 0.29) is 12.4 Å². The Morgan fingerprint density at radius 1 is 1.18 bits per heavy atom. The molecule has 1 atom stereocenters. The van der Waals surface area contributed by atoms with E-state index in [1.807, 2.05) is 0 Å². The highest BCUT2D eigenvalue weighted by molar-refractivity contribution is 5.85. The van der Waals surface area contributed by atoms with Crippen molar-refractivity contribution in [3.05, 3.63) is 0 Å². The molecule has 1 fully saturated rings. The summed E-state index contributed by atoms with van der Waals surface area (Å²) in [5, 5.41) is 0. The maximum Gasteiger partial charge on any atom is 0.00902 e. The van der Waals surface area contributed by atoms with Crippen LogP contribution in [0.3, 0.4) is 0 Å². The zero-order valence-corrected chi connectivity index (χ0v) is 8.41. The van der Waals surface area contributed by atoms with Crippen LogP contribution in [-0.4, -0.2) is 6.04 Å². The number of rotatable bonds is 0. The van der Waals surface area contributed by atoms with Crippen molar-refractivity contribution >= 4 is 12.4 Å². The van der Waals surface area contributed by atoms with Gasteiger partial charge in [0.05, 0.1) is 0 Å². The first kappa shape index (κ1) is 11.2. The molecular formula is C9H20ClN. The van der Waals surface area contributed by atoms with Crippen molar-refractivity contribution in [1.29, 1.82) is 0 Å². The van der Waals surface area contributed by atoms with Crippen molar-refractivity contribution in [1.82, 2.24) is 0 Å². The zero-order valence-electron chi connectivity index (χ0n) is 7.60. The lowest BCUT2D eigenvalue weighted by molar-refractivity contribution is 0.266. The van der Waals surface area contributed by atoms with Crippen LogP contribution >= 0.6 is 12.4 Å². The topological polar surface area (TPSA) is 26.0 Å². The van der Waals surface area contributed by atoms with Gasteiger partial charge in [-0.2, -0.15) is 0 Å². The van der Waals surface area contributed by atoms with Crippen molar-refractivity contribution < 1.29 is 0 Å². The van der Waals surface area contributed by atoms with Gasteiger partial charge in [-0.3, -0.25) is 0 Å². The van der Waals surface area contributed by atoms with Gasteiger partial charge in [0.15, 0.2) is 0 Å². The third-order valence-corrected chi connectivity index (χ3v) is 2.84. The van der Waals surface area contributed by atoms with Gasteiger partial charge >= 0.3 is 0 Å². The molecule has 0 aliphatic heterocycles. The largest absolute Gasteiger partial charge is 0.327 e. The Hall–Kier alpha value is 0.250. The van der Waals surface area contributed by atoms with E-state index in [0.717, 1.165) is 0 Å². The second kappa shape index (κ2) is 4.32. The molecule has 0 spiro atoms. The lowest BCUT2D eigenvalue weighted by Gasteiger charge is -2.29. The number of hydrogen-bond acceptors (Lipinski definition) is 1. The highest BCUT2D eigenvalue weighted by Crippen LogP contribution is 2.32. The van der Waals surface area contributed by atoms with Crippen LogP contribution in [0.4, 0.5) is 0 Å². The van der Waals surface area contributed by atoms with E-state index < -0.39 is 0 Å². The lowest BCUT2D eigenvalue weighted by Crippen LogP contribution is -2.35. The minimum Gasteiger partial charge on any atom is -0.327 e. The summed E-state index contributed by atoms with van der Waals surface area (Å²) in [6, 6.07) is 0.440. The van der Waals surface area contributed by atoms with Crippen LogP contribution in [0.2, 0.25) is 0 Å². The highest BCUT2D eigenvalue weighted by Gasteiger charge is 2.27. The van der Waals surface area contributed by atoms with Gasteiger partial charge in [0, 0.05) is 6.04 Å². The van der Waals surface area contributed by atoms with E-state index in [0.29, 0.717) is 11.5 Å². The molecule has 2 heteroatoms. The minimum absolute atomic E-state index is 0. The van der Waals surface area contributed by atoms with Crippen LogP contribution in [-0.2, 0) is 0 Å². The van der Waals surface area contributed by atoms with E-state index in [1.54, 1.807) is 0 Å². The molecule has 0 radical (unpaired) electrons. The summed E-state index contributed by atoms with van der Waals surface area (Å²) in [6.07, 6.45) is 6.64. The molecule has 0 saturated heterocycles. The zero-order chi connectivity index (χ0) is 7.61. The molecule has 0 aromatic rings. The molecule has 1 nitrogen and oxygen atoms in total. The lowest BCUT2D eigenvalue weighted by atomic mass is 9.81. The summed E-state index contributed by atoms with van der Waals surface area (Å²) < 4.78 is 0. The van der Waals surface area contributed by atoms with Crippen LogP contribution < -0.4 is 5.73 Å². The summed E-state index contributed by atoms with van der Waals surface area (Å²) in [5.74, 6) is 0. The second-order valence-electron chi connectivity index (χ2n) is 4.19. The molecule has 1 aliphatic carbocycles.